The molecule has 1 saturated heterocycles. The standard InChI is InChI=1S/C17H31NO2S/c1-13(2)18(11-16-5-4-10-21-16)17(19)12-20-15-8-6-14(3)7-9-15/h13-16H,4-12H2,1-3H3. The van der Waals surface area contributed by atoms with Crippen LogP contribution >= 0.6 is 11.8 Å². The van der Waals surface area contributed by atoms with Crippen LogP contribution in [0.1, 0.15) is 59.3 Å². The van der Waals surface area contributed by atoms with Gasteiger partial charge in [-0.05, 0) is 64.0 Å². The van der Waals surface area contributed by atoms with Crippen molar-refractivity contribution in [2.75, 3.05) is 18.9 Å². The molecule has 21 heavy (non-hydrogen) atoms. The summed E-state index contributed by atoms with van der Waals surface area (Å²) in [4.78, 5) is 14.5. The number of thioether (sulfide) groups is 1. The Morgan fingerprint density at radius 2 is 1.95 bits per heavy atom. The Morgan fingerprint density at radius 1 is 1.24 bits per heavy atom. The van der Waals surface area contributed by atoms with Crippen LogP contribution in [0.5, 0.6) is 0 Å². The molecule has 1 atom stereocenters. The summed E-state index contributed by atoms with van der Waals surface area (Å²) >= 11 is 2.02. The van der Waals surface area contributed by atoms with E-state index in [0.717, 1.165) is 25.3 Å². The van der Waals surface area contributed by atoms with E-state index in [0.29, 0.717) is 11.4 Å². The summed E-state index contributed by atoms with van der Waals surface area (Å²) in [7, 11) is 0. The summed E-state index contributed by atoms with van der Waals surface area (Å²) < 4.78 is 5.89. The average molecular weight is 314 g/mol. The van der Waals surface area contributed by atoms with Crippen LogP contribution in [-0.2, 0) is 9.53 Å². The second-order valence-electron chi connectivity index (χ2n) is 6.97. The third kappa shape index (κ3) is 5.48. The highest BCUT2D eigenvalue weighted by Gasteiger charge is 2.25. The summed E-state index contributed by atoms with van der Waals surface area (Å²) in [5.74, 6) is 2.25. The molecule has 1 saturated carbocycles. The Labute approximate surface area is 134 Å². The number of carbonyl (C=O) groups excluding carboxylic acids is 1. The number of ether oxygens (including phenoxy) is 1. The van der Waals surface area contributed by atoms with Gasteiger partial charge in [-0.1, -0.05) is 6.92 Å². The summed E-state index contributed by atoms with van der Waals surface area (Å²) in [6.07, 6.45) is 7.58. The number of carbonyl (C=O) groups is 1. The minimum Gasteiger partial charge on any atom is -0.368 e. The minimum atomic E-state index is 0.177. The van der Waals surface area contributed by atoms with Crippen molar-refractivity contribution in [3.63, 3.8) is 0 Å². The quantitative estimate of drug-likeness (QED) is 0.748. The molecule has 1 heterocycles. The smallest absolute Gasteiger partial charge is 0.248 e. The highest BCUT2D eigenvalue weighted by molar-refractivity contribution is 8.00. The first-order valence-electron chi connectivity index (χ1n) is 8.59. The van der Waals surface area contributed by atoms with Crippen LogP contribution in [0.2, 0.25) is 0 Å². The minimum absolute atomic E-state index is 0.177. The first kappa shape index (κ1) is 17.1. The topological polar surface area (TPSA) is 29.5 Å². The van der Waals surface area contributed by atoms with E-state index in [2.05, 4.69) is 20.8 Å². The van der Waals surface area contributed by atoms with Crippen molar-refractivity contribution < 1.29 is 9.53 Å². The summed E-state index contributed by atoms with van der Waals surface area (Å²) in [5, 5.41) is 0.631. The van der Waals surface area contributed by atoms with Gasteiger partial charge in [-0.2, -0.15) is 11.8 Å². The van der Waals surface area contributed by atoms with E-state index >= 15 is 0 Å². The fraction of sp³-hybridized carbons (Fsp3) is 0.941. The van der Waals surface area contributed by atoms with Gasteiger partial charge in [-0.15, -0.1) is 0 Å². The molecule has 1 unspecified atom stereocenters. The van der Waals surface area contributed by atoms with E-state index in [-0.39, 0.29) is 18.6 Å². The van der Waals surface area contributed by atoms with Crippen LogP contribution in [0.25, 0.3) is 0 Å². The second kappa shape index (κ2) is 8.42. The number of rotatable bonds is 6. The van der Waals surface area contributed by atoms with Crippen LogP contribution in [0.3, 0.4) is 0 Å². The number of amides is 1. The molecule has 1 aliphatic carbocycles. The van der Waals surface area contributed by atoms with Gasteiger partial charge in [0, 0.05) is 17.8 Å². The third-order valence-electron chi connectivity index (χ3n) is 4.77. The van der Waals surface area contributed by atoms with Gasteiger partial charge in [0.15, 0.2) is 0 Å². The maximum absolute atomic E-state index is 12.5. The lowest BCUT2D eigenvalue weighted by Crippen LogP contribution is -2.43. The van der Waals surface area contributed by atoms with Crippen molar-refractivity contribution >= 4 is 17.7 Å². The first-order valence-corrected chi connectivity index (χ1v) is 9.63. The lowest BCUT2D eigenvalue weighted by atomic mass is 9.89. The van der Waals surface area contributed by atoms with Crippen molar-refractivity contribution in [1.29, 1.82) is 0 Å². The predicted molar refractivity (Wildman–Crippen MR) is 89.7 cm³/mol. The molecule has 1 aliphatic heterocycles. The fourth-order valence-corrected chi connectivity index (χ4v) is 4.54. The highest BCUT2D eigenvalue weighted by Crippen LogP contribution is 2.28. The van der Waals surface area contributed by atoms with Crippen molar-refractivity contribution in [2.24, 2.45) is 5.92 Å². The van der Waals surface area contributed by atoms with Gasteiger partial charge >= 0.3 is 0 Å². The van der Waals surface area contributed by atoms with Crippen LogP contribution in [0.15, 0.2) is 0 Å². The van der Waals surface area contributed by atoms with Gasteiger partial charge in [-0.25, -0.2) is 0 Å². The lowest BCUT2D eigenvalue weighted by Gasteiger charge is -2.31. The fourth-order valence-electron chi connectivity index (χ4n) is 3.28. The van der Waals surface area contributed by atoms with Crippen LogP contribution in [0.4, 0.5) is 0 Å². The Bertz CT molecular complexity index is 321. The highest BCUT2D eigenvalue weighted by atomic mass is 32.2. The predicted octanol–water partition coefficient (Wildman–Crippen LogP) is 3.71. The molecular weight excluding hydrogens is 282 g/mol. The van der Waals surface area contributed by atoms with E-state index in [1.807, 2.05) is 16.7 Å². The zero-order valence-electron chi connectivity index (χ0n) is 13.8. The van der Waals surface area contributed by atoms with Gasteiger partial charge in [-0.3, -0.25) is 4.79 Å². The van der Waals surface area contributed by atoms with Crippen molar-refractivity contribution in [3.8, 4) is 0 Å². The summed E-state index contributed by atoms with van der Waals surface area (Å²) in [6.45, 7) is 7.70. The molecule has 2 aliphatic rings. The molecular formula is C17H31NO2S. The normalized spacial score (nSPS) is 29.8. The molecule has 0 aromatic rings. The maximum Gasteiger partial charge on any atom is 0.248 e. The molecule has 2 fully saturated rings. The van der Waals surface area contributed by atoms with Crippen molar-refractivity contribution in [2.45, 2.75) is 76.7 Å². The summed E-state index contributed by atoms with van der Waals surface area (Å²) in [5.41, 5.74) is 0. The molecule has 3 nitrogen and oxygen atoms in total. The van der Waals surface area contributed by atoms with Crippen LogP contribution in [-0.4, -0.2) is 47.1 Å². The van der Waals surface area contributed by atoms with Crippen molar-refractivity contribution in [1.82, 2.24) is 4.90 Å². The van der Waals surface area contributed by atoms with E-state index in [1.165, 1.54) is 31.4 Å². The lowest BCUT2D eigenvalue weighted by molar-refractivity contribution is -0.140. The molecule has 122 valence electrons. The molecule has 0 radical (unpaired) electrons. The van der Waals surface area contributed by atoms with E-state index < -0.39 is 0 Å². The van der Waals surface area contributed by atoms with E-state index in [1.54, 1.807) is 0 Å². The molecule has 0 aromatic heterocycles. The second-order valence-corrected chi connectivity index (χ2v) is 8.38. The SMILES string of the molecule is CC1CCC(OCC(=O)N(CC2CCCS2)C(C)C)CC1. The number of hydrogen-bond acceptors (Lipinski definition) is 3. The zero-order chi connectivity index (χ0) is 15.2. The van der Waals surface area contributed by atoms with Crippen molar-refractivity contribution in [3.05, 3.63) is 0 Å². The Kier molecular flexibility index (Phi) is 6.87. The molecule has 2 rings (SSSR count). The number of hydrogen-bond donors (Lipinski definition) is 0. The van der Waals surface area contributed by atoms with Gasteiger partial charge in [0.25, 0.3) is 0 Å². The largest absolute Gasteiger partial charge is 0.368 e. The molecule has 1 amide bonds. The zero-order valence-corrected chi connectivity index (χ0v) is 14.7. The first-order chi connectivity index (χ1) is 10.1. The molecule has 0 aromatic carbocycles. The molecule has 0 N–H and O–H groups in total. The number of nitrogens with zero attached hydrogens (tertiary/aromatic N) is 1. The Hall–Kier alpha value is -0.220. The molecule has 4 heteroatoms. The average Bonchev–Trinajstić information content (AvgIpc) is 2.96. The third-order valence-corrected chi connectivity index (χ3v) is 6.15. The summed E-state index contributed by atoms with van der Waals surface area (Å²) in [6, 6.07) is 0.272. The van der Waals surface area contributed by atoms with Crippen LogP contribution < -0.4 is 0 Å². The maximum atomic E-state index is 12.5. The van der Waals surface area contributed by atoms with E-state index in [9.17, 15) is 4.79 Å². The van der Waals surface area contributed by atoms with Gasteiger partial charge in [0.1, 0.15) is 6.61 Å². The monoisotopic (exact) mass is 313 g/mol. The van der Waals surface area contributed by atoms with E-state index in [4.69, 9.17) is 4.74 Å². The Balaban J connectivity index is 1.75. The molecule has 0 bridgehead atoms. The molecule has 0 spiro atoms. The Morgan fingerprint density at radius 3 is 2.52 bits per heavy atom. The van der Waals surface area contributed by atoms with Gasteiger partial charge in [0.05, 0.1) is 6.10 Å². The van der Waals surface area contributed by atoms with Gasteiger partial charge in [0.2, 0.25) is 5.91 Å². The van der Waals surface area contributed by atoms with Gasteiger partial charge < -0.3 is 9.64 Å². The van der Waals surface area contributed by atoms with Crippen LogP contribution in [0, 0.1) is 5.92 Å².